The van der Waals surface area contributed by atoms with Crippen molar-refractivity contribution in [1.82, 2.24) is 0 Å². The summed E-state index contributed by atoms with van der Waals surface area (Å²) in [6.07, 6.45) is 0. The fourth-order valence-electron chi connectivity index (χ4n) is 1.78. The van der Waals surface area contributed by atoms with Crippen molar-refractivity contribution >= 4 is 17.3 Å². The van der Waals surface area contributed by atoms with Crippen molar-refractivity contribution in [1.29, 1.82) is 0 Å². The molecule has 0 amide bonds. The first-order chi connectivity index (χ1) is 8.57. The number of nitrogens with zero attached hydrogens (tertiary/aromatic N) is 2. The van der Waals surface area contributed by atoms with Crippen LogP contribution in [0.5, 0.6) is 0 Å². The molecule has 0 unspecified atom stereocenters. The molecule has 18 heavy (non-hydrogen) atoms. The van der Waals surface area contributed by atoms with E-state index in [-0.39, 0.29) is 29.4 Å². The molecule has 1 aliphatic rings. The molecule has 0 fully saturated rings. The molecule has 0 spiro atoms. The monoisotopic (exact) mass is 248 g/mol. The zero-order valence-corrected chi connectivity index (χ0v) is 10.0. The minimum Gasteiger partial charge on any atom is -0.458 e. The molecule has 1 aliphatic heterocycles. The van der Waals surface area contributed by atoms with Crippen LogP contribution >= 0.6 is 0 Å². The van der Waals surface area contributed by atoms with E-state index in [0.717, 1.165) is 0 Å². The lowest BCUT2D eigenvalue weighted by Gasteiger charge is -2.04. The molecule has 6 nitrogen and oxygen atoms in total. The van der Waals surface area contributed by atoms with Crippen LogP contribution in [0.4, 0.5) is 11.4 Å². The van der Waals surface area contributed by atoms with Crippen molar-refractivity contribution in [2.75, 3.05) is 6.61 Å². The van der Waals surface area contributed by atoms with Crippen LogP contribution in [0.3, 0.4) is 0 Å². The van der Waals surface area contributed by atoms with Gasteiger partial charge in [0.05, 0.1) is 16.1 Å². The highest BCUT2D eigenvalue weighted by Gasteiger charge is 2.49. The summed E-state index contributed by atoms with van der Waals surface area (Å²) in [4.78, 5) is 35.7. The zero-order valence-electron chi connectivity index (χ0n) is 10.0. The molecule has 1 heterocycles. The van der Waals surface area contributed by atoms with Gasteiger partial charge >= 0.3 is 28.7 Å². The van der Waals surface area contributed by atoms with E-state index in [1.54, 1.807) is 19.1 Å². The van der Waals surface area contributed by atoms with Crippen LogP contribution in [-0.2, 0) is 9.53 Å². The minimum absolute atomic E-state index is 0.0298. The molecular weight excluding hydrogens is 236 g/mol. The van der Waals surface area contributed by atoms with Crippen molar-refractivity contribution in [3.05, 3.63) is 45.5 Å². The number of allylic oxidation sites excluding steroid dienone is 1. The van der Waals surface area contributed by atoms with Gasteiger partial charge < -0.3 is 4.74 Å². The maximum absolute atomic E-state index is 12.1. The highest BCUT2D eigenvalue weighted by Crippen LogP contribution is 2.36. The Hall–Kier alpha value is -2.37. The summed E-state index contributed by atoms with van der Waals surface area (Å²) in [6, 6.07) is 6.29. The number of nitroso groups, excluding NO2 is 2. The Kier molecular flexibility index (Phi) is 3.01. The van der Waals surface area contributed by atoms with Gasteiger partial charge in [-0.2, -0.15) is 0 Å². The molecule has 0 atom stereocenters. The Balaban J connectivity index is 2.57. The lowest BCUT2D eigenvalue weighted by atomic mass is 10.2. The Morgan fingerprint density at radius 2 is 1.72 bits per heavy atom. The van der Waals surface area contributed by atoms with Gasteiger partial charge in [0, 0.05) is 28.9 Å². The third-order valence-electron chi connectivity index (χ3n) is 2.64. The van der Waals surface area contributed by atoms with Crippen LogP contribution in [0.2, 0.25) is 0 Å². The summed E-state index contributed by atoms with van der Waals surface area (Å²) in [5, 5.41) is 0. The number of hydrogen-bond acceptors (Lipinski definition) is 4. The molecule has 0 aliphatic carbocycles. The smallest absolute Gasteiger partial charge is 0.418 e. The van der Waals surface area contributed by atoms with Gasteiger partial charge in [0.1, 0.15) is 0 Å². The van der Waals surface area contributed by atoms with Gasteiger partial charge in [0.25, 0.3) is 0 Å². The van der Waals surface area contributed by atoms with Gasteiger partial charge in [-0.25, -0.2) is 4.79 Å². The quantitative estimate of drug-likeness (QED) is 0.595. The van der Waals surface area contributed by atoms with E-state index in [9.17, 15) is 14.6 Å². The number of benzene rings is 1. The van der Waals surface area contributed by atoms with Gasteiger partial charge in [-0.15, -0.1) is 0 Å². The normalized spacial score (nSPS) is 14.6. The van der Waals surface area contributed by atoms with Crippen LogP contribution in [0.1, 0.15) is 13.8 Å². The van der Waals surface area contributed by atoms with E-state index in [1.165, 1.54) is 19.1 Å². The average Bonchev–Trinajstić information content (AvgIpc) is 2.37. The maximum Gasteiger partial charge on any atom is 0.418 e. The molecule has 0 bridgehead atoms. The number of para-hydroxylation sites is 2. The number of carbonyl (C=O) groups excluding carboxylic acids is 1. The van der Waals surface area contributed by atoms with Crippen LogP contribution in [0.25, 0.3) is 0 Å². The summed E-state index contributed by atoms with van der Waals surface area (Å²) in [5.41, 5.74) is 0.118. The molecule has 0 saturated carbocycles. The predicted octanol–water partition coefficient (Wildman–Crippen LogP) is 2.32. The van der Waals surface area contributed by atoms with Crippen molar-refractivity contribution in [3.63, 3.8) is 0 Å². The van der Waals surface area contributed by atoms with E-state index in [0.29, 0.717) is 9.52 Å². The van der Waals surface area contributed by atoms with E-state index in [1.807, 2.05) is 0 Å². The molecule has 1 aromatic rings. The third-order valence-corrected chi connectivity index (χ3v) is 2.64. The third kappa shape index (κ3) is 1.71. The number of rotatable bonds is 2. The zero-order chi connectivity index (χ0) is 13.3. The second kappa shape index (κ2) is 4.48. The highest BCUT2D eigenvalue weighted by molar-refractivity contribution is 5.87. The lowest BCUT2D eigenvalue weighted by molar-refractivity contribution is -0.485. The first kappa shape index (κ1) is 12.1. The number of esters is 1. The van der Waals surface area contributed by atoms with Gasteiger partial charge in [0.15, 0.2) is 0 Å². The molecule has 0 N–H and O–H groups in total. The molecule has 0 saturated heterocycles. The molecule has 2 rings (SSSR count). The number of ether oxygens (including phenoxy) is 1. The van der Waals surface area contributed by atoms with Crippen LogP contribution < -0.4 is 0 Å². The number of carbonyl (C=O) groups is 1. The van der Waals surface area contributed by atoms with Crippen molar-refractivity contribution < 1.29 is 19.1 Å². The average molecular weight is 248 g/mol. The van der Waals surface area contributed by atoms with Crippen LogP contribution in [-0.4, -0.2) is 22.1 Å². The Morgan fingerprint density at radius 1 is 1.17 bits per heavy atom. The summed E-state index contributed by atoms with van der Waals surface area (Å²) in [6.45, 7) is 3.19. The molecule has 6 heteroatoms. The summed E-state index contributed by atoms with van der Waals surface area (Å²) in [5.74, 6) is -0.791. The lowest BCUT2D eigenvalue weighted by Crippen LogP contribution is -2.24. The minimum atomic E-state index is -0.791. The van der Waals surface area contributed by atoms with E-state index in [4.69, 9.17) is 4.74 Å². The van der Waals surface area contributed by atoms with E-state index >= 15 is 0 Å². The molecule has 0 radical (unpaired) electrons. The molecule has 92 valence electrons. The highest BCUT2D eigenvalue weighted by atomic mass is 16.5. The molecule has 0 aromatic heterocycles. The summed E-state index contributed by atoms with van der Waals surface area (Å²) in [7, 11) is 0. The van der Waals surface area contributed by atoms with Gasteiger partial charge in [-0.05, 0) is 6.92 Å². The maximum atomic E-state index is 12.1. The number of fused-ring (bicyclic) bond motifs is 1. The largest absolute Gasteiger partial charge is 0.458 e. The Labute approximate surface area is 103 Å². The summed E-state index contributed by atoms with van der Waals surface area (Å²) >= 11 is 0. The summed E-state index contributed by atoms with van der Waals surface area (Å²) < 4.78 is 5.79. The SMILES string of the molecule is CCOC(=O)C1=C(C)[N+](=O)c2ccccc2[N+]1=O. The molecule has 1 aromatic carbocycles. The van der Waals surface area contributed by atoms with Crippen LogP contribution in [0.15, 0.2) is 35.7 Å². The van der Waals surface area contributed by atoms with Gasteiger partial charge in [-0.3, -0.25) is 0 Å². The fourth-order valence-corrected chi connectivity index (χ4v) is 1.78. The second-order valence-corrected chi connectivity index (χ2v) is 3.73. The van der Waals surface area contributed by atoms with Crippen LogP contribution in [0, 0.1) is 9.81 Å². The van der Waals surface area contributed by atoms with Crippen molar-refractivity contribution in [2.24, 2.45) is 0 Å². The van der Waals surface area contributed by atoms with Crippen molar-refractivity contribution in [2.45, 2.75) is 13.8 Å². The first-order valence-electron chi connectivity index (χ1n) is 5.49. The Morgan fingerprint density at radius 3 is 2.28 bits per heavy atom. The van der Waals surface area contributed by atoms with Gasteiger partial charge in [0.2, 0.25) is 0 Å². The fraction of sp³-hybridized carbons (Fsp3) is 0.250. The predicted molar refractivity (Wildman–Crippen MR) is 62.3 cm³/mol. The first-order valence-corrected chi connectivity index (χ1v) is 5.49. The number of hydrogen-bond donors (Lipinski definition) is 0. The van der Waals surface area contributed by atoms with Gasteiger partial charge in [-0.1, -0.05) is 12.1 Å². The van der Waals surface area contributed by atoms with Crippen molar-refractivity contribution in [3.8, 4) is 0 Å². The van der Waals surface area contributed by atoms with E-state index < -0.39 is 5.97 Å². The molecular formula is C12H12N2O4+2. The second-order valence-electron chi connectivity index (χ2n) is 3.73. The standard InChI is InChI=1S/C12H12N2O4/c1-3-18-12(15)11-8(2)13(16)9-6-4-5-7-10(9)14(11)17/h4-7H,3H2,1-2H3/q+2. The Bertz CT molecular complexity index is 589. The topological polar surface area (TPSA) is 66.5 Å². The van der Waals surface area contributed by atoms with E-state index in [2.05, 4.69) is 0 Å².